The molecule has 100 valence electrons. The van der Waals surface area contributed by atoms with E-state index >= 15 is 0 Å². The highest BCUT2D eigenvalue weighted by Gasteiger charge is 2.12. The standard InChI is InChI=1S/C14H28N2O/c1-4-16(5-2)10-11-17-15-14-9-7-6-8-13(3)12-14/h13H,4-12H2,1-3H3. The van der Waals surface area contributed by atoms with Gasteiger partial charge in [0.2, 0.25) is 0 Å². The Labute approximate surface area is 106 Å². The largest absolute Gasteiger partial charge is 0.394 e. The predicted molar refractivity (Wildman–Crippen MR) is 73.4 cm³/mol. The molecule has 0 bridgehead atoms. The van der Waals surface area contributed by atoms with Crippen LogP contribution in [0.3, 0.4) is 0 Å². The molecule has 1 aliphatic rings. The van der Waals surface area contributed by atoms with Gasteiger partial charge in [-0.1, -0.05) is 38.8 Å². The van der Waals surface area contributed by atoms with Gasteiger partial charge in [0.1, 0.15) is 6.61 Å². The van der Waals surface area contributed by atoms with E-state index in [-0.39, 0.29) is 0 Å². The summed E-state index contributed by atoms with van der Waals surface area (Å²) in [6.45, 7) is 10.6. The van der Waals surface area contributed by atoms with E-state index in [2.05, 4.69) is 30.8 Å². The second-order valence-electron chi connectivity index (χ2n) is 5.07. The molecule has 1 atom stereocenters. The van der Waals surface area contributed by atoms with Gasteiger partial charge in [0, 0.05) is 6.54 Å². The molecule has 0 saturated heterocycles. The number of rotatable bonds is 6. The Kier molecular flexibility index (Phi) is 7.25. The number of oxime groups is 1. The van der Waals surface area contributed by atoms with E-state index in [1.807, 2.05) is 0 Å². The van der Waals surface area contributed by atoms with Crippen LogP contribution in [-0.4, -0.2) is 36.9 Å². The van der Waals surface area contributed by atoms with Gasteiger partial charge in [-0.3, -0.25) is 0 Å². The summed E-state index contributed by atoms with van der Waals surface area (Å²) in [6.07, 6.45) is 6.24. The summed E-state index contributed by atoms with van der Waals surface area (Å²) in [5.74, 6) is 0.780. The molecule has 3 heteroatoms. The van der Waals surface area contributed by atoms with Crippen LogP contribution in [0.2, 0.25) is 0 Å². The van der Waals surface area contributed by atoms with Crippen molar-refractivity contribution in [1.82, 2.24) is 4.90 Å². The van der Waals surface area contributed by atoms with E-state index in [9.17, 15) is 0 Å². The fraction of sp³-hybridized carbons (Fsp3) is 0.929. The van der Waals surface area contributed by atoms with Gasteiger partial charge in [0.15, 0.2) is 0 Å². The molecule has 1 fully saturated rings. The fourth-order valence-corrected chi connectivity index (χ4v) is 2.36. The maximum Gasteiger partial charge on any atom is 0.129 e. The summed E-state index contributed by atoms with van der Waals surface area (Å²) in [6, 6.07) is 0. The second-order valence-corrected chi connectivity index (χ2v) is 5.07. The molecule has 17 heavy (non-hydrogen) atoms. The van der Waals surface area contributed by atoms with Gasteiger partial charge in [-0.2, -0.15) is 0 Å². The number of hydrogen-bond donors (Lipinski definition) is 0. The van der Waals surface area contributed by atoms with Crippen LogP contribution in [-0.2, 0) is 4.84 Å². The number of likely N-dealkylation sites (N-methyl/N-ethyl adjacent to an activating group) is 1. The van der Waals surface area contributed by atoms with Crippen molar-refractivity contribution in [2.24, 2.45) is 11.1 Å². The number of nitrogens with zero attached hydrogens (tertiary/aromatic N) is 2. The Morgan fingerprint density at radius 3 is 2.76 bits per heavy atom. The molecule has 0 N–H and O–H groups in total. The summed E-state index contributed by atoms with van der Waals surface area (Å²) in [4.78, 5) is 7.81. The third kappa shape index (κ3) is 6.06. The molecule has 0 aromatic heterocycles. The van der Waals surface area contributed by atoms with Crippen LogP contribution in [0.15, 0.2) is 5.16 Å². The quantitative estimate of drug-likeness (QED) is 0.404. The van der Waals surface area contributed by atoms with Crippen LogP contribution in [0.4, 0.5) is 0 Å². The summed E-state index contributed by atoms with van der Waals surface area (Å²) < 4.78 is 0. The Bertz CT molecular complexity index is 224. The molecule has 3 nitrogen and oxygen atoms in total. The van der Waals surface area contributed by atoms with E-state index in [4.69, 9.17) is 4.84 Å². The van der Waals surface area contributed by atoms with Gasteiger partial charge in [-0.05, 0) is 38.3 Å². The molecule has 0 aromatic carbocycles. The Morgan fingerprint density at radius 1 is 1.29 bits per heavy atom. The Morgan fingerprint density at radius 2 is 2.06 bits per heavy atom. The van der Waals surface area contributed by atoms with Crippen LogP contribution < -0.4 is 0 Å². The van der Waals surface area contributed by atoms with Crippen LogP contribution in [0.1, 0.15) is 52.9 Å². The summed E-state index contributed by atoms with van der Waals surface area (Å²) >= 11 is 0. The molecule has 0 heterocycles. The van der Waals surface area contributed by atoms with Gasteiger partial charge in [-0.25, -0.2) is 0 Å². The molecule has 1 unspecified atom stereocenters. The van der Waals surface area contributed by atoms with Crippen molar-refractivity contribution in [3.63, 3.8) is 0 Å². The van der Waals surface area contributed by atoms with Crippen molar-refractivity contribution in [1.29, 1.82) is 0 Å². The lowest BCUT2D eigenvalue weighted by Crippen LogP contribution is -2.26. The second kappa shape index (κ2) is 8.51. The van der Waals surface area contributed by atoms with Crippen molar-refractivity contribution >= 4 is 5.71 Å². The van der Waals surface area contributed by atoms with Gasteiger partial charge in [0.25, 0.3) is 0 Å². The van der Waals surface area contributed by atoms with E-state index in [1.165, 1.54) is 25.0 Å². The van der Waals surface area contributed by atoms with Crippen molar-refractivity contribution in [2.75, 3.05) is 26.2 Å². The van der Waals surface area contributed by atoms with Gasteiger partial charge in [-0.15, -0.1) is 0 Å². The predicted octanol–water partition coefficient (Wildman–Crippen LogP) is 3.30. The maximum absolute atomic E-state index is 5.46. The van der Waals surface area contributed by atoms with Crippen LogP contribution in [0, 0.1) is 5.92 Å². The maximum atomic E-state index is 5.46. The lowest BCUT2D eigenvalue weighted by Gasteiger charge is -2.16. The third-order valence-electron chi connectivity index (χ3n) is 3.58. The minimum Gasteiger partial charge on any atom is -0.394 e. The molecule has 0 spiro atoms. The normalized spacial score (nSPS) is 24.0. The third-order valence-corrected chi connectivity index (χ3v) is 3.58. The first-order valence-electron chi connectivity index (χ1n) is 7.16. The number of hydrogen-bond acceptors (Lipinski definition) is 3. The highest BCUT2D eigenvalue weighted by molar-refractivity contribution is 5.84. The van der Waals surface area contributed by atoms with Crippen molar-refractivity contribution in [3.8, 4) is 0 Å². The molecule has 1 aliphatic carbocycles. The van der Waals surface area contributed by atoms with Crippen molar-refractivity contribution < 1.29 is 4.84 Å². The molecule has 1 saturated carbocycles. The molecular weight excluding hydrogens is 212 g/mol. The minimum absolute atomic E-state index is 0.722. The first kappa shape index (κ1) is 14.5. The lowest BCUT2D eigenvalue weighted by molar-refractivity contribution is 0.113. The molecule has 0 radical (unpaired) electrons. The monoisotopic (exact) mass is 240 g/mol. The van der Waals surface area contributed by atoms with E-state index < -0.39 is 0 Å². The first-order chi connectivity index (χ1) is 8.26. The molecule has 0 aromatic rings. The van der Waals surface area contributed by atoms with Crippen LogP contribution >= 0.6 is 0 Å². The summed E-state index contributed by atoms with van der Waals surface area (Å²) in [5, 5.41) is 4.32. The molecular formula is C14H28N2O. The molecule has 0 amide bonds. The Hall–Kier alpha value is -0.570. The minimum atomic E-state index is 0.722. The van der Waals surface area contributed by atoms with E-state index in [0.29, 0.717) is 0 Å². The SMILES string of the molecule is CCN(CC)CCON=C1CCCCC(C)C1. The highest BCUT2D eigenvalue weighted by atomic mass is 16.6. The van der Waals surface area contributed by atoms with Gasteiger partial charge < -0.3 is 9.74 Å². The zero-order chi connectivity index (χ0) is 12.5. The van der Waals surface area contributed by atoms with E-state index in [0.717, 1.165) is 45.0 Å². The van der Waals surface area contributed by atoms with Crippen LogP contribution in [0.25, 0.3) is 0 Å². The molecule has 1 rings (SSSR count). The van der Waals surface area contributed by atoms with E-state index in [1.54, 1.807) is 0 Å². The average Bonchev–Trinajstić information content (AvgIpc) is 2.54. The average molecular weight is 240 g/mol. The Balaban J connectivity index is 2.22. The summed E-state index contributed by atoms with van der Waals surface area (Å²) in [5.41, 5.74) is 1.27. The zero-order valence-electron chi connectivity index (χ0n) is 11.7. The van der Waals surface area contributed by atoms with Gasteiger partial charge >= 0.3 is 0 Å². The fourth-order valence-electron chi connectivity index (χ4n) is 2.36. The van der Waals surface area contributed by atoms with Crippen LogP contribution in [0.5, 0.6) is 0 Å². The zero-order valence-corrected chi connectivity index (χ0v) is 11.7. The smallest absolute Gasteiger partial charge is 0.129 e. The lowest BCUT2D eigenvalue weighted by atomic mass is 10.0. The molecule has 0 aliphatic heterocycles. The topological polar surface area (TPSA) is 24.8 Å². The van der Waals surface area contributed by atoms with Crippen molar-refractivity contribution in [3.05, 3.63) is 0 Å². The van der Waals surface area contributed by atoms with Gasteiger partial charge in [0.05, 0.1) is 5.71 Å². The van der Waals surface area contributed by atoms with Crippen molar-refractivity contribution in [2.45, 2.75) is 52.9 Å². The summed E-state index contributed by atoms with van der Waals surface area (Å²) in [7, 11) is 0. The highest BCUT2D eigenvalue weighted by Crippen LogP contribution is 2.20. The first-order valence-corrected chi connectivity index (χ1v) is 7.16.